The fourth-order valence-corrected chi connectivity index (χ4v) is 5.54. The second kappa shape index (κ2) is 10.2. The van der Waals surface area contributed by atoms with Gasteiger partial charge in [0.25, 0.3) is 12.0 Å². The summed E-state index contributed by atoms with van der Waals surface area (Å²) in [5.41, 5.74) is 2.41. The van der Waals surface area contributed by atoms with Gasteiger partial charge in [-0.1, -0.05) is 43.2 Å². The quantitative estimate of drug-likeness (QED) is 0.277. The van der Waals surface area contributed by atoms with Crippen molar-refractivity contribution in [2.24, 2.45) is 0 Å². The lowest BCUT2D eigenvalue weighted by molar-refractivity contribution is 0.149. The minimum absolute atomic E-state index is 0.117. The van der Waals surface area contributed by atoms with Crippen LogP contribution in [-0.2, 0) is 5.75 Å². The van der Waals surface area contributed by atoms with Gasteiger partial charge in [0.15, 0.2) is 0 Å². The first-order valence-electron chi connectivity index (χ1n) is 11.7. The molecule has 1 saturated carbocycles. The fraction of sp³-hybridized carbons (Fsp3) is 0.296. The Kier molecular flexibility index (Phi) is 6.81. The molecule has 5 rings (SSSR count). The number of alkyl halides is 2. The molecule has 0 radical (unpaired) electrons. The zero-order valence-corrected chi connectivity index (χ0v) is 20.2. The number of anilines is 2. The van der Waals surface area contributed by atoms with Crippen molar-refractivity contribution in [3.63, 3.8) is 0 Å². The molecule has 1 fully saturated rings. The number of fused-ring (bicyclic) bond motifs is 1. The van der Waals surface area contributed by atoms with Crippen molar-refractivity contribution in [1.82, 2.24) is 14.5 Å². The molecule has 0 spiro atoms. The zero-order chi connectivity index (χ0) is 24.4. The van der Waals surface area contributed by atoms with E-state index in [0.29, 0.717) is 17.0 Å². The number of aromatic nitrogens is 3. The Balaban J connectivity index is 1.43. The summed E-state index contributed by atoms with van der Waals surface area (Å²) < 4.78 is 28.6. The highest BCUT2D eigenvalue weighted by Gasteiger charge is 2.25. The number of thioether (sulfide) groups is 1. The van der Waals surface area contributed by atoms with E-state index in [9.17, 15) is 13.6 Å². The van der Waals surface area contributed by atoms with Crippen molar-refractivity contribution in [2.75, 3.05) is 5.32 Å². The highest BCUT2D eigenvalue weighted by molar-refractivity contribution is 7.98. The van der Waals surface area contributed by atoms with Gasteiger partial charge in [0.1, 0.15) is 5.65 Å². The second-order valence-corrected chi connectivity index (χ2v) is 9.91. The molecular formula is C27H26F2N4OS. The van der Waals surface area contributed by atoms with Gasteiger partial charge in [-0.15, -0.1) is 11.8 Å². The number of halogens is 2. The van der Waals surface area contributed by atoms with Crippen LogP contribution in [0.15, 0.2) is 70.5 Å². The molecular weight excluding hydrogens is 466 g/mol. The lowest BCUT2D eigenvalue weighted by Crippen LogP contribution is -2.28. The Labute approximate surface area is 206 Å². The lowest BCUT2D eigenvalue weighted by atomic mass is 10.1. The topological polar surface area (TPSA) is 59.8 Å². The van der Waals surface area contributed by atoms with Gasteiger partial charge in [-0.05, 0) is 55.2 Å². The summed E-state index contributed by atoms with van der Waals surface area (Å²) in [5.74, 6) is 1.22. The van der Waals surface area contributed by atoms with E-state index in [4.69, 9.17) is 0 Å². The monoisotopic (exact) mass is 492 g/mol. The molecule has 8 heteroatoms. The van der Waals surface area contributed by atoms with Crippen molar-refractivity contribution in [1.29, 1.82) is 0 Å². The largest absolute Gasteiger partial charge is 0.324 e. The molecule has 0 amide bonds. The Morgan fingerprint density at radius 3 is 2.60 bits per heavy atom. The average Bonchev–Trinajstić information content (AvgIpc) is 3.39. The number of aryl methyl sites for hydroxylation is 1. The van der Waals surface area contributed by atoms with Crippen molar-refractivity contribution < 1.29 is 8.78 Å². The first-order valence-corrected chi connectivity index (χ1v) is 12.7. The third kappa shape index (κ3) is 5.07. The molecule has 2 aromatic carbocycles. The van der Waals surface area contributed by atoms with Gasteiger partial charge >= 0.3 is 0 Å². The van der Waals surface area contributed by atoms with Crippen LogP contribution in [0, 0.1) is 6.92 Å². The molecule has 2 heterocycles. The summed E-state index contributed by atoms with van der Waals surface area (Å²) >= 11 is 1.77. The normalized spacial score (nSPS) is 14.2. The number of hydrogen-bond donors (Lipinski definition) is 1. The minimum Gasteiger partial charge on any atom is -0.324 e. The molecule has 180 valence electrons. The van der Waals surface area contributed by atoms with E-state index in [1.807, 2.05) is 37.3 Å². The number of benzene rings is 2. The Hall–Kier alpha value is -3.26. The number of pyridine rings is 1. The SMILES string of the molecule is Cc1cc(SCc2ccccc2)ccc1Nc1ncc2cc(C(F)F)c(=O)n(C3CCCC3)c2n1. The second-order valence-electron chi connectivity index (χ2n) is 8.86. The molecule has 0 atom stereocenters. The van der Waals surface area contributed by atoms with E-state index in [-0.39, 0.29) is 6.04 Å². The van der Waals surface area contributed by atoms with Crippen LogP contribution >= 0.6 is 11.8 Å². The summed E-state index contributed by atoms with van der Waals surface area (Å²) in [7, 11) is 0. The Morgan fingerprint density at radius 2 is 1.89 bits per heavy atom. The first-order chi connectivity index (χ1) is 17.0. The predicted octanol–water partition coefficient (Wildman–Crippen LogP) is 7.19. The number of nitrogens with one attached hydrogen (secondary N) is 1. The van der Waals surface area contributed by atoms with Gasteiger partial charge < -0.3 is 5.32 Å². The van der Waals surface area contributed by atoms with Crippen molar-refractivity contribution in [2.45, 2.75) is 55.7 Å². The van der Waals surface area contributed by atoms with Crippen LogP contribution in [0.4, 0.5) is 20.4 Å². The van der Waals surface area contributed by atoms with Crippen LogP contribution in [-0.4, -0.2) is 14.5 Å². The molecule has 1 aliphatic rings. The lowest BCUT2D eigenvalue weighted by Gasteiger charge is -2.18. The smallest absolute Gasteiger partial charge is 0.269 e. The maximum atomic E-state index is 13.5. The van der Waals surface area contributed by atoms with Crippen molar-refractivity contribution in [3.05, 3.63) is 87.8 Å². The number of nitrogens with zero attached hydrogens (tertiary/aromatic N) is 3. The van der Waals surface area contributed by atoms with E-state index in [1.165, 1.54) is 22.4 Å². The standard InChI is InChI=1S/C27H26F2N4OS/c1-17-13-21(35-16-18-7-3-2-4-8-18)11-12-23(17)31-27-30-15-19-14-22(24(28)29)26(34)33(25(19)32-27)20-9-5-6-10-20/h2-4,7-8,11-15,20,24H,5-6,9-10,16H2,1H3,(H,30,31,32). The van der Waals surface area contributed by atoms with Gasteiger partial charge in [0.2, 0.25) is 5.95 Å². The summed E-state index contributed by atoms with van der Waals surface area (Å²) in [6.45, 7) is 2.01. The molecule has 5 nitrogen and oxygen atoms in total. The van der Waals surface area contributed by atoms with Crippen LogP contribution < -0.4 is 10.9 Å². The van der Waals surface area contributed by atoms with Crippen molar-refractivity contribution in [3.8, 4) is 0 Å². The number of rotatable bonds is 7. The molecule has 1 aliphatic carbocycles. The maximum Gasteiger partial charge on any atom is 0.269 e. The molecule has 0 bridgehead atoms. The van der Waals surface area contributed by atoms with Gasteiger partial charge in [0.05, 0.1) is 5.56 Å². The average molecular weight is 493 g/mol. The van der Waals surface area contributed by atoms with Crippen molar-refractivity contribution >= 4 is 34.4 Å². The molecule has 35 heavy (non-hydrogen) atoms. The fourth-order valence-electron chi connectivity index (χ4n) is 4.59. The van der Waals surface area contributed by atoms with Gasteiger partial charge in [-0.25, -0.2) is 13.8 Å². The zero-order valence-electron chi connectivity index (χ0n) is 19.4. The van der Waals surface area contributed by atoms with Gasteiger partial charge in [-0.2, -0.15) is 4.98 Å². The molecule has 1 N–H and O–H groups in total. The Bertz CT molecular complexity index is 1400. The van der Waals surface area contributed by atoms with Crippen LogP contribution in [0.1, 0.15) is 54.8 Å². The van der Waals surface area contributed by atoms with E-state index in [2.05, 4.69) is 33.5 Å². The summed E-state index contributed by atoms with van der Waals surface area (Å²) in [6.07, 6.45) is 2.20. The molecule has 4 aromatic rings. The molecule has 0 saturated heterocycles. The number of hydrogen-bond acceptors (Lipinski definition) is 5. The third-order valence-electron chi connectivity index (χ3n) is 6.42. The minimum atomic E-state index is -2.83. The van der Waals surface area contributed by atoms with E-state index < -0.39 is 17.5 Å². The van der Waals surface area contributed by atoms with Crippen LogP contribution in [0.25, 0.3) is 11.0 Å². The third-order valence-corrected chi connectivity index (χ3v) is 7.48. The molecule has 2 aromatic heterocycles. The van der Waals surface area contributed by atoms with Crippen LogP contribution in [0.3, 0.4) is 0 Å². The highest BCUT2D eigenvalue weighted by Crippen LogP contribution is 2.32. The van der Waals surface area contributed by atoms with Crippen LogP contribution in [0.5, 0.6) is 0 Å². The van der Waals surface area contributed by atoms with E-state index in [1.54, 1.807) is 11.8 Å². The van der Waals surface area contributed by atoms with E-state index >= 15 is 0 Å². The van der Waals surface area contributed by atoms with Crippen LogP contribution in [0.2, 0.25) is 0 Å². The predicted molar refractivity (Wildman–Crippen MR) is 137 cm³/mol. The van der Waals surface area contributed by atoms with E-state index in [0.717, 1.165) is 47.6 Å². The summed E-state index contributed by atoms with van der Waals surface area (Å²) in [5, 5.41) is 3.69. The maximum absolute atomic E-state index is 13.5. The first kappa shape index (κ1) is 23.5. The molecule has 0 aliphatic heterocycles. The highest BCUT2D eigenvalue weighted by atomic mass is 32.2. The van der Waals surface area contributed by atoms with Gasteiger partial charge in [-0.3, -0.25) is 9.36 Å². The van der Waals surface area contributed by atoms with Gasteiger partial charge in [0, 0.05) is 34.0 Å². The molecule has 0 unspecified atom stereocenters. The Morgan fingerprint density at radius 1 is 1.11 bits per heavy atom. The summed E-state index contributed by atoms with van der Waals surface area (Å²) in [4.78, 5) is 23.1. The summed E-state index contributed by atoms with van der Waals surface area (Å²) in [6, 6.07) is 17.6.